The lowest BCUT2D eigenvalue weighted by molar-refractivity contribution is 0.392. The van der Waals surface area contributed by atoms with Gasteiger partial charge in [-0.05, 0) is 18.6 Å². The Morgan fingerprint density at radius 1 is 1.23 bits per heavy atom. The summed E-state index contributed by atoms with van der Waals surface area (Å²) in [5.74, 6) is 1.36. The number of hydrogen-bond donors (Lipinski definition) is 2. The third-order valence-corrected chi connectivity index (χ3v) is 3.37. The van der Waals surface area contributed by atoms with Crippen molar-refractivity contribution in [2.75, 3.05) is 14.2 Å². The van der Waals surface area contributed by atoms with Crippen molar-refractivity contribution >= 4 is 5.96 Å². The van der Waals surface area contributed by atoms with Gasteiger partial charge in [-0.2, -0.15) is 0 Å². The van der Waals surface area contributed by atoms with E-state index in [2.05, 4.69) is 39.7 Å². The molecule has 116 valence electrons. The second-order valence-corrected chi connectivity index (χ2v) is 4.87. The van der Waals surface area contributed by atoms with Crippen molar-refractivity contribution in [2.24, 2.45) is 4.99 Å². The lowest BCUT2D eigenvalue weighted by Crippen LogP contribution is -2.38. The predicted octanol–water partition coefficient (Wildman–Crippen LogP) is 2.52. The van der Waals surface area contributed by atoms with Crippen molar-refractivity contribution in [3.63, 3.8) is 0 Å². The number of aromatic nitrogens is 1. The summed E-state index contributed by atoms with van der Waals surface area (Å²) in [5.41, 5.74) is 2.20. The van der Waals surface area contributed by atoms with Crippen LogP contribution in [-0.4, -0.2) is 25.1 Å². The topological polar surface area (TPSA) is 58.5 Å². The fourth-order valence-corrected chi connectivity index (χ4v) is 2.15. The minimum absolute atomic E-state index is 0.170. The molecule has 2 aromatic rings. The second-order valence-electron chi connectivity index (χ2n) is 4.87. The molecule has 0 aliphatic carbocycles. The van der Waals surface area contributed by atoms with Crippen LogP contribution in [0.2, 0.25) is 0 Å². The molecule has 2 rings (SSSR count). The van der Waals surface area contributed by atoms with E-state index in [1.807, 2.05) is 30.3 Å². The van der Waals surface area contributed by atoms with Crippen LogP contribution in [0.1, 0.15) is 24.1 Å². The summed E-state index contributed by atoms with van der Waals surface area (Å²) in [5, 5.41) is 6.65. The van der Waals surface area contributed by atoms with Gasteiger partial charge in [-0.25, -0.2) is 4.98 Å². The average molecular weight is 298 g/mol. The standard InChI is InChI=1S/C17H22N4O/c1-13(14-8-5-4-6-9-14)21-17(18-2)20-12-15-10-7-11-19-16(15)22-3/h4-11,13H,12H2,1-3H3,(H2,18,20,21). The first-order valence-corrected chi connectivity index (χ1v) is 7.24. The SMILES string of the molecule is CN=C(NCc1cccnc1OC)NC(C)c1ccccc1. The zero-order valence-corrected chi connectivity index (χ0v) is 13.2. The van der Waals surface area contributed by atoms with Crippen LogP contribution in [-0.2, 0) is 6.54 Å². The molecule has 1 aromatic carbocycles. The minimum Gasteiger partial charge on any atom is -0.481 e. The molecule has 1 heterocycles. The third-order valence-electron chi connectivity index (χ3n) is 3.37. The summed E-state index contributed by atoms with van der Waals surface area (Å²) in [7, 11) is 3.38. The van der Waals surface area contributed by atoms with Gasteiger partial charge in [0, 0.05) is 25.4 Å². The van der Waals surface area contributed by atoms with E-state index in [1.54, 1.807) is 20.4 Å². The number of aliphatic imine (C=N–C) groups is 1. The van der Waals surface area contributed by atoms with Crippen molar-refractivity contribution < 1.29 is 4.74 Å². The van der Waals surface area contributed by atoms with Gasteiger partial charge in [0.2, 0.25) is 5.88 Å². The Bertz CT molecular complexity index is 613. The summed E-state index contributed by atoms with van der Waals surface area (Å²) in [6, 6.07) is 14.3. The number of methoxy groups -OCH3 is 1. The molecule has 2 N–H and O–H groups in total. The fraction of sp³-hybridized carbons (Fsp3) is 0.294. The van der Waals surface area contributed by atoms with E-state index in [9.17, 15) is 0 Å². The van der Waals surface area contributed by atoms with E-state index >= 15 is 0 Å². The van der Waals surface area contributed by atoms with Gasteiger partial charge >= 0.3 is 0 Å². The Hall–Kier alpha value is -2.56. The van der Waals surface area contributed by atoms with Gasteiger partial charge in [-0.3, -0.25) is 4.99 Å². The molecule has 0 saturated carbocycles. The van der Waals surface area contributed by atoms with Gasteiger partial charge in [-0.1, -0.05) is 36.4 Å². The Kier molecular flexibility index (Phi) is 5.77. The van der Waals surface area contributed by atoms with Crippen LogP contribution in [0, 0.1) is 0 Å². The van der Waals surface area contributed by atoms with E-state index in [1.165, 1.54) is 5.56 Å². The third kappa shape index (κ3) is 4.22. The highest BCUT2D eigenvalue weighted by Gasteiger charge is 2.08. The van der Waals surface area contributed by atoms with Crippen LogP contribution in [0.25, 0.3) is 0 Å². The molecule has 22 heavy (non-hydrogen) atoms. The highest BCUT2D eigenvalue weighted by atomic mass is 16.5. The van der Waals surface area contributed by atoms with E-state index in [-0.39, 0.29) is 6.04 Å². The molecule has 0 spiro atoms. The number of guanidine groups is 1. The molecule has 0 aliphatic rings. The Morgan fingerprint density at radius 2 is 2.00 bits per heavy atom. The quantitative estimate of drug-likeness (QED) is 0.658. The number of benzene rings is 1. The molecule has 5 nitrogen and oxygen atoms in total. The molecule has 0 amide bonds. The molecule has 5 heteroatoms. The first-order chi connectivity index (χ1) is 10.7. The molecule has 0 aliphatic heterocycles. The molecule has 1 aromatic heterocycles. The van der Waals surface area contributed by atoms with Crippen molar-refractivity contribution in [3.05, 3.63) is 59.8 Å². The second kappa shape index (κ2) is 8.02. The van der Waals surface area contributed by atoms with Crippen LogP contribution < -0.4 is 15.4 Å². The van der Waals surface area contributed by atoms with E-state index in [4.69, 9.17) is 4.74 Å². The van der Waals surface area contributed by atoms with E-state index in [0.29, 0.717) is 12.4 Å². The van der Waals surface area contributed by atoms with Gasteiger partial charge in [0.15, 0.2) is 5.96 Å². The average Bonchev–Trinajstić information content (AvgIpc) is 2.59. The van der Waals surface area contributed by atoms with E-state index < -0.39 is 0 Å². The van der Waals surface area contributed by atoms with Crippen molar-refractivity contribution in [1.29, 1.82) is 0 Å². The van der Waals surface area contributed by atoms with Crippen molar-refractivity contribution in [3.8, 4) is 5.88 Å². The molecular formula is C17H22N4O. The highest BCUT2D eigenvalue weighted by Crippen LogP contribution is 2.13. The fourth-order valence-electron chi connectivity index (χ4n) is 2.15. The van der Waals surface area contributed by atoms with Gasteiger partial charge < -0.3 is 15.4 Å². The van der Waals surface area contributed by atoms with Crippen molar-refractivity contribution in [2.45, 2.75) is 19.5 Å². The predicted molar refractivity (Wildman–Crippen MR) is 89.0 cm³/mol. The maximum absolute atomic E-state index is 5.25. The number of nitrogens with zero attached hydrogens (tertiary/aromatic N) is 2. The smallest absolute Gasteiger partial charge is 0.218 e. The minimum atomic E-state index is 0.170. The highest BCUT2D eigenvalue weighted by molar-refractivity contribution is 5.80. The molecule has 1 unspecified atom stereocenters. The first-order valence-electron chi connectivity index (χ1n) is 7.24. The van der Waals surface area contributed by atoms with Gasteiger partial charge in [0.25, 0.3) is 0 Å². The summed E-state index contributed by atoms with van der Waals surface area (Å²) in [4.78, 5) is 8.44. The number of hydrogen-bond acceptors (Lipinski definition) is 3. The summed E-state index contributed by atoms with van der Waals surface area (Å²) in [6.07, 6.45) is 1.72. The molecule has 0 fully saturated rings. The monoisotopic (exact) mass is 298 g/mol. The Labute approximate surface area is 131 Å². The zero-order valence-electron chi connectivity index (χ0n) is 13.2. The number of nitrogens with one attached hydrogen (secondary N) is 2. The normalized spacial score (nSPS) is 12.6. The van der Waals surface area contributed by atoms with Crippen LogP contribution in [0.3, 0.4) is 0 Å². The number of ether oxygens (including phenoxy) is 1. The van der Waals surface area contributed by atoms with Gasteiger partial charge in [-0.15, -0.1) is 0 Å². The maximum Gasteiger partial charge on any atom is 0.218 e. The van der Waals surface area contributed by atoms with E-state index in [0.717, 1.165) is 11.5 Å². The summed E-state index contributed by atoms with van der Waals surface area (Å²) < 4.78 is 5.25. The molecular weight excluding hydrogens is 276 g/mol. The Balaban J connectivity index is 1.96. The number of pyridine rings is 1. The van der Waals surface area contributed by atoms with Crippen molar-refractivity contribution in [1.82, 2.24) is 15.6 Å². The largest absolute Gasteiger partial charge is 0.481 e. The van der Waals surface area contributed by atoms with Crippen LogP contribution in [0.15, 0.2) is 53.7 Å². The molecule has 0 saturated heterocycles. The first kappa shape index (κ1) is 15.8. The Morgan fingerprint density at radius 3 is 2.68 bits per heavy atom. The summed E-state index contributed by atoms with van der Waals surface area (Å²) >= 11 is 0. The lowest BCUT2D eigenvalue weighted by atomic mass is 10.1. The van der Waals surface area contributed by atoms with Crippen LogP contribution >= 0.6 is 0 Å². The molecule has 1 atom stereocenters. The molecule has 0 radical (unpaired) electrons. The molecule has 0 bridgehead atoms. The summed E-state index contributed by atoms with van der Waals surface area (Å²) in [6.45, 7) is 2.70. The lowest BCUT2D eigenvalue weighted by Gasteiger charge is -2.18. The maximum atomic E-state index is 5.25. The number of rotatable bonds is 5. The van der Waals surface area contributed by atoms with Crippen LogP contribution in [0.5, 0.6) is 5.88 Å². The van der Waals surface area contributed by atoms with Gasteiger partial charge in [0.1, 0.15) is 0 Å². The zero-order chi connectivity index (χ0) is 15.8. The van der Waals surface area contributed by atoms with Crippen LogP contribution in [0.4, 0.5) is 0 Å². The van der Waals surface area contributed by atoms with Gasteiger partial charge in [0.05, 0.1) is 13.2 Å².